The maximum absolute atomic E-state index is 10.0. The molecule has 0 atom stereocenters. The van der Waals surface area contributed by atoms with Crippen LogP contribution in [-0.4, -0.2) is 35.7 Å². The lowest BCUT2D eigenvalue weighted by Gasteiger charge is -2.16. The highest BCUT2D eigenvalue weighted by Crippen LogP contribution is 2.32. The molecule has 2 rings (SSSR count). The molecule has 2 aliphatic heterocycles. The summed E-state index contributed by atoms with van der Waals surface area (Å²) in [5, 5.41) is 0. The molecule has 0 radical (unpaired) electrons. The van der Waals surface area contributed by atoms with Crippen molar-refractivity contribution in [2.45, 2.75) is 32.4 Å². The number of amides is 1. The Morgan fingerprint density at radius 2 is 1.83 bits per heavy atom. The number of carbonyl (C=O) groups is 1. The first-order valence-electron chi connectivity index (χ1n) is 4.11. The van der Waals surface area contributed by atoms with Crippen molar-refractivity contribution in [1.82, 2.24) is 4.90 Å². The molecule has 4 heteroatoms. The fraction of sp³-hybridized carbons (Fsp3) is 0.875. The number of nitrogens with zero attached hydrogens (tertiary/aromatic N) is 1. The Balaban J connectivity index is 0.000000142. The Hall–Kier alpha value is -0.770. The third kappa shape index (κ3) is 4.18. The summed E-state index contributed by atoms with van der Waals surface area (Å²) in [7, 11) is 0. The van der Waals surface area contributed by atoms with Crippen molar-refractivity contribution >= 4 is 6.09 Å². The molecule has 4 nitrogen and oxygen atoms in total. The largest absolute Gasteiger partial charge is 0.444 e. The van der Waals surface area contributed by atoms with Gasteiger partial charge in [-0.3, -0.25) is 4.90 Å². The van der Waals surface area contributed by atoms with Gasteiger partial charge in [-0.2, -0.15) is 0 Å². The lowest BCUT2D eigenvalue weighted by molar-refractivity contribution is 0.0600. The Bertz CT molecular complexity index is 174. The second-order valence-corrected chi connectivity index (χ2v) is 4.14. The Kier molecular flexibility index (Phi) is 2.28. The molecule has 0 spiro atoms. The lowest BCUT2D eigenvalue weighted by Crippen LogP contribution is -2.27. The molecule has 2 fully saturated rings. The Labute approximate surface area is 72.7 Å². The fourth-order valence-corrected chi connectivity index (χ4v) is 0.695. The molecule has 0 aliphatic carbocycles. The average molecular weight is 172 g/mol. The highest BCUT2D eigenvalue weighted by atomic mass is 16.6. The van der Waals surface area contributed by atoms with Crippen molar-refractivity contribution in [3.63, 3.8) is 0 Å². The van der Waals surface area contributed by atoms with Crippen LogP contribution < -0.4 is 5.73 Å². The van der Waals surface area contributed by atoms with E-state index in [9.17, 15) is 4.79 Å². The molecule has 2 N–H and O–H groups in total. The SMILES string of the molecule is C1C2CN12.CC(C)(C)OC(N)=O. The van der Waals surface area contributed by atoms with Gasteiger partial charge in [-0.05, 0) is 20.8 Å². The van der Waals surface area contributed by atoms with Crippen molar-refractivity contribution in [1.29, 1.82) is 0 Å². The summed E-state index contributed by atoms with van der Waals surface area (Å²) in [5.41, 5.74) is 4.26. The maximum Gasteiger partial charge on any atom is 0.405 e. The van der Waals surface area contributed by atoms with Crippen LogP contribution in [0.3, 0.4) is 0 Å². The molecule has 0 saturated carbocycles. The number of fused-ring (bicyclic) bond motifs is 1. The number of carbonyl (C=O) groups excluding carboxylic acids is 1. The van der Waals surface area contributed by atoms with Crippen LogP contribution in [0.25, 0.3) is 0 Å². The van der Waals surface area contributed by atoms with E-state index < -0.39 is 11.7 Å². The van der Waals surface area contributed by atoms with Crippen LogP contribution in [0.4, 0.5) is 4.79 Å². The minimum absolute atomic E-state index is 0.453. The smallest absolute Gasteiger partial charge is 0.405 e. The summed E-state index contributed by atoms with van der Waals surface area (Å²) < 4.78 is 4.58. The molecular formula is C8H16N2O2. The summed E-state index contributed by atoms with van der Waals surface area (Å²) in [5.74, 6) is 0. The number of primary amides is 1. The first-order valence-corrected chi connectivity index (χ1v) is 4.11. The molecule has 1 amide bonds. The normalized spacial score (nSPS) is 29.2. The minimum atomic E-state index is -0.725. The third-order valence-corrected chi connectivity index (χ3v) is 1.55. The van der Waals surface area contributed by atoms with Gasteiger partial charge in [0.15, 0.2) is 0 Å². The predicted octanol–water partition coefficient (Wildman–Crippen LogP) is 0.564. The van der Waals surface area contributed by atoms with Gasteiger partial charge in [-0.25, -0.2) is 4.79 Å². The van der Waals surface area contributed by atoms with Crippen molar-refractivity contribution in [2.75, 3.05) is 13.1 Å². The molecule has 2 heterocycles. The number of hydrogen-bond acceptors (Lipinski definition) is 3. The number of rotatable bonds is 0. The first kappa shape index (κ1) is 9.32. The highest BCUT2D eigenvalue weighted by molar-refractivity contribution is 5.65. The number of ether oxygens (including phenoxy) is 1. The van der Waals surface area contributed by atoms with Gasteiger partial charge >= 0.3 is 6.09 Å². The summed E-state index contributed by atoms with van der Waals surface area (Å²) in [6.07, 6.45) is -0.725. The molecule has 70 valence electrons. The Morgan fingerprint density at radius 1 is 1.50 bits per heavy atom. The molecule has 0 aromatic carbocycles. The standard InChI is InChI=1S/C5H11NO2.C3H5N/c1-5(2,3)8-4(6)7;1-3-2-4(1)3/h1-3H3,(H2,6,7);3H,1-2H2. The maximum atomic E-state index is 10.0. The summed E-state index contributed by atoms with van der Waals surface area (Å²) in [4.78, 5) is 12.4. The van der Waals surface area contributed by atoms with E-state index >= 15 is 0 Å². The quantitative estimate of drug-likeness (QED) is 0.543. The van der Waals surface area contributed by atoms with Crippen LogP contribution in [0.15, 0.2) is 0 Å². The first-order chi connectivity index (χ1) is 5.38. The van der Waals surface area contributed by atoms with E-state index in [4.69, 9.17) is 5.73 Å². The second-order valence-electron chi connectivity index (χ2n) is 4.14. The zero-order valence-electron chi connectivity index (χ0n) is 7.83. The van der Waals surface area contributed by atoms with Crippen LogP contribution in [0.2, 0.25) is 0 Å². The Morgan fingerprint density at radius 3 is 1.83 bits per heavy atom. The highest BCUT2D eigenvalue weighted by Gasteiger charge is 2.49. The van der Waals surface area contributed by atoms with E-state index in [0.717, 1.165) is 6.04 Å². The topological polar surface area (TPSA) is 55.3 Å². The molecule has 12 heavy (non-hydrogen) atoms. The van der Waals surface area contributed by atoms with Gasteiger partial charge < -0.3 is 10.5 Å². The van der Waals surface area contributed by atoms with Gasteiger partial charge in [0.2, 0.25) is 0 Å². The van der Waals surface area contributed by atoms with Gasteiger partial charge in [0.25, 0.3) is 0 Å². The summed E-state index contributed by atoms with van der Waals surface area (Å²) in [6.45, 7) is 8.12. The van der Waals surface area contributed by atoms with Crippen molar-refractivity contribution in [2.24, 2.45) is 5.73 Å². The fourth-order valence-electron chi connectivity index (χ4n) is 0.695. The number of nitrogens with two attached hydrogens (primary N) is 1. The molecule has 0 aromatic rings. The van der Waals surface area contributed by atoms with E-state index in [1.54, 1.807) is 20.8 Å². The third-order valence-electron chi connectivity index (χ3n) is 1.55. The zero-order chi connectivity index (χ0) is 9.35. The van der Waals surface area contributed by atoms with Gasteiger partial charge in [-0.15, -0.1) is 0 Å². The average Bonchev–Trinajstić information content (AvgIpc) is 2.32. The lowest BCUT2D eigenvalue weighted by atomic mass is 10.2. The molecular weight excluding hydrogens is 156 g/mol. The van der Waals surface area contributed by atoms with Crippen LogP contribution in [-0.2, 0) is 4.74 Å². The molecule has 0 bridgehead atoms. The second kappa shape index (κ2) is 2.94. The monoisotopic (exact) mass is 172 g/mol. The van der Waals surface area contributed by atoms with Gasteiger partial charge in [0, 0.05) is 19.1 Å². The number of hydrogen-bond donors (Lipinski definition) is 1. The van der Waals surface area contributed by atoms with Gasteiger partial charge in [-0.1, -0.05) is 0 Å². The summed E-state index contributed by atoms with van der Waals surface area (Å²) in [6, 6.07) is 1.08. The van der Waals surface area contributed by atoms with E-state index in [1.165, 1.54) is 13.1 Å². The van der Waals surface area contributed by atoms with E-state index in [-0.39, 0.29) is 0 Å². The minimum Gasteiger partial charge on any atom is -0.444 e. The zero-order valence-corrected chi connectivity index (χ0v) is 7.83. The van der Waals surface area contributed by atoms with Gasteiger partial charge in [0.1, 0.15) is 5.60 Å². The van der Waals surface area contributed by atoms with Crippen LogP contribution in [0, 0.1) is 0 Å². The molecule has 0 unspecified atom stereocenters. The van der Waals surface area contributed by atoms with E-state index in [0.29, 0.717) is 0 Å². The predicted molar refractivity (Wildman–Crippen MR) is 45.8 cm³/mol. The van der Waals surface area contributed by atoms with Crippen LogP contribution in [0.5, 0.6) is 0 Å². The van der Waals surface area contributed by atoms with E-state index in [2.05, 4.69) is 9.64 Å². The van der Waals surface area contributed by atoms with Crippen molar-refractivity contribution in [3.05, 3.63) is 0 Å². The summed E-state index contributed by atoms with van der Waals surface area (Å²) >= 11 is 0. The van der Waals surface area contributed by atoms with Gasteiger partial charge in [0.05, 0.1) is 0 Å². The van der Waals surface area contributed by atoms with Crippen LogP contribution >= 0.6 is 0 Å². The molecule has 2 saturated heterocycles. The van der Waals surface area contributed by atoms with E-state index in [1.807, 2.05) is 0 Å². The molecule has 2 aliphatic rings. The van der Waals surface area contributed by atoms with Crippen molar-refractivity contribution in [3.8, 4) is 0 Å². The molecule has 0 aromatic heterocycles. The van der Waals surface area contributed by atoms with Crippen LogP contribution in [0.1, 0.15) is 20.8 Å². The van der Waals surface area contributed by atoms with Crippen molar-refractivity contribution < 1.29 is 9.53 Å².